The van der Waals surface area contributed by atoms with Gasteiger partial charge >= 0.3 is 0 Å². The highest BCUT2D eigenvalue weighted by molar-refractivity contribution is 9.10. The molecule has 196 valence electrons. The van der Waals surface area contributed by atoms with Crippen molar-refractivity contribution in [2.45, 2.75) is 44.7 Å². The SMILES string of the molecule is CCNC(=O)[C@H](C)N(Cc1ccc(Br)cc1)C(=O)CN(c1ccccc1CC)S(=O)(=O)c1ccccc1. The molecule has 3 aromatic carbocycles. The van der Waals surface area contributed by atoms with E-state index in [0.29, 0.717) is 18.7 Å². The van der Waals surface area contributed by atoms with Crippen LogP contribution in [0.5, 0.6) is 0 Å². The lowest BCUT2D eigenvalue weighted by atomic mass is 10.1. The maximum atomic E-state index is 13.9. The quantitative estimate of drug-likeness (QED) is 0.351. The molecule has 0 saturated carbocycles. The molecule has 9 heteroatoms. The van der Waals surface area contributed by atoms with Crippen LogP contribution in [-0.4, -0.2) is 44.3 Å². The van der Waals surface area contributed by atoms with Crippen LogP contribution in [0.15, 0.2) is 88.2 Å². The molecule has 3 rings (SSSR count). The van der Waals surface area contributed by atoms with Crippen molar-refractivity contribution in [3.63, 3.8) is 0 Å². The zero-order valence-electron chi connectivity index (χ0n) is 21.2. The smallest absolute Gasteiger partial charge is 0.264 e. The number of rotatable bonds is 11. The van der Waals surface area contributed by atoms with E-state index in [9.17, 15) is 18.0 Å². The fourth-order valence-corrected chi connectivity index (χ4v) is 5.71. The molecule has 0 aromatic heterocycles. The molecular formula is C28H32BrN3O4S. The van der Waals surface area contributed by atoms with E-state index >= 15 is 0 Å². The average molecular weight is 587 g/mol. The Hall–Kier alpha value is -3.17. The predicted molar refractivity (Wildman–Crippen MR) is 150 cm³/mol. The molecule has 0 radical (unpaired) electrons. The summed E-state index contributed by atoms with van der Waals surface area (Å²) < 4.78 is 29.7. The summed E-state index contributed by atoms with van der Waals surface area (Å²) in [6.45, 7) is 5.51. The lowest BCUT2D eigenvalue weighted by Gasteiger charge is -2.32. The highest BCUT2D eigenvalue weighted by Gasteiger charge is 2.33. The van der Waals surface area contributed by atoms with Gasteiger partial charge in [-0.1, -0.05) is 71.4 Å². The second-order valence-corrected chi connectivity index (χ2v) is 11.3. The molecule has 0 bridgehead atoms. The Morgan fingerprint density at radius 3 is 2.16 bits per heavy atom. The number of benzene rings is 3. The Labute approximate surface area is 227 Å². The van der Waals surface area contributed by atoms with E-state index in [0.717, 1.165) is 19.9 Å². The van der Waals surface area contributed by atoms with Gasteiger partial charge in [0, 0.05) is 17.6 Å². The van der Waals surface area contributed by atoms with Crippen molar-refractivity contribution >= 4 is 43.5 Å². The number of aryl methyl sites for hydroxylation is 1. The van der Waals surface area contributed by atoms with Crippen LogP contribution in [0.25, 0.3) is 0 Å². The molecule has 0 unspecified atom stereocenters. The van der Waals surface area contributed by atoms with Crippen molar-refractivity contribution < 1.29 is 18.0 Å². The number of amides is 2. The van der Waals surface area contributed by atoms with Crippen LogP contribution in [0, 0.1) is 0 Å². The summed E-state index contributed by atoms with van der Waals surface area (Å²) >= 11 is 3.41. The number of anilines is 1. The van der Waals surface area contributed by atoms with E-state index in [1.54, 1.807) is 44.2 Å². The zero-order valence-corrected chi connectivity index (χ0v) is 23.6. The lowest BCUT2D eigenvalue weighted by Crippen LogP contribution is -2.51. The molecule has 0 saturated heterocycles. The van der Waals surface area contributed by atoms with Gasteiger partial charge in [0.1, 0.15) is 12.6 Å². The van der Waals surface area contributed by atoms with E-state index in [2.05, 4.69) is 21.2 Å². The minimum Gasteiger partial charge on any atom is -0.355 e. The molecule has 0 fully saturated rings. The summed E-state index contributed by atoms with van der Waals surface area (Å²) in [6.07, 6.45) is 0.586. The number of carbonyl (C=O) groups excluding carboxylic acids is 2. The average Bonchev–Trinajstić information content (AvgIpc) is 2.91. The van der Waals surface area contributed by atoms with Gasteiger partial charge in [-0.3, -0.25) is 13.9 Å². The van der Waals surface area contributed by atoms with Gasteiger partial charge in [0.2, 0.25) is 11.8 Å². The monoisotopic (exact) mass is 585 g/mol. The third-order valence-electron chi connectivity index (χ3n) is 6.04. The molecule has 0 heterocycles. The molecule has 37 heavy (non-hydrogen) atoms. The first-order chi connectivity index (χ1) is 17.7. The zero-order chi connectivity index (χ0) is 27.0. The first kappa shape index (κ1) is 28.4. The van der Waals surface area contributed by atoms with Crippen LogP contribution >= 0.6 is 15.9 Å². The number of nitrogens with one attached hydrogen (secondary N) is 1. The number of hydrogen-bond acceptors (Lipinski definition) is 4. The maximum Gasteiger partial charge on any atom is 0.264 e. The number of hydrogen-bond donors (Lipinski definition) is 1. The summed E-state index contributed by atoms with van der Waals surface area (Å²) in [5.74, 6) is -0.786. The minimum atomic E-state index is -4.07. The summed E-state index contributed by atoms with van der Waals surface area (Å²) in [5, 5.41) is 2.76. The normalized spacial score (nSPS) is 12.0. The molecule has 0 aliphatic heterocycles. The van der Waals surface area contributed by atoms with Crippen LogP contribution in [-0.2, 0) is 32.6 Å². The molecule has 1 atom stereocenters. The van der Waals surface area contributed by atoms with Crippen molar-refractivity contribution in [2.24, 2.45) is 0 Å². The topological polar surface area (TPSA) is 86.8 Å². The molecule has 0 spiro atoms. The fraction of sp³-hybridized carbons (Fsp3) is 0.286. The number of likely N-dealkylation sites (N-methyl/N-ethyl adjacent to an activating group) is 1. The second-order valence-electron chi connectivity index (χ2n) is 8.53. The number of para-hydroxylation sites is 1. The van der Waals surface area contributed by atoms with Gasteiger partial charge in [0.05, 0.1) is 10.6 Å². The van der Waals surface area contributed by atoms with E-state index in [1.807, 2.05) is 43.3 Å². The third-order valence-corrected chi connectivity index (χ3v) is 8.34. The van der Waals surface area contributed by atoms with Gasteiger partial charge in [-0.15, -0.1) is 0 Å². The van der Waals surface area contributed by atoms with Crippen molar-refractivity contribution in [3.8, 4) is 0 Å². The number of sulfonamides is 1. The highest BCUT2D eigenvalue weighted by Crippen LogP contribution is 2.28. The van der Waals surface area contributed by atoms with Crippen LogP contribution < -0.4 is 9.62 Å². The molecule has 0 aliphatic rings. The first-order valence-electron chi connectivity index (χ1n) is 12.2. The van der Waals surface area contributed by atoms with E-state index in [1.165, 1.54) is 17.0 Å². The van der Waals surface area contributed by atoms with Crippen LogP contribution in [0.4, 0.5) is 5.69 Å². The third kappa shape index (κ3) is 6.99. The van der Waals surface area contributed by atoms with E-state index < -0.39 is 28.5 Å². The van der Waals surface area contributed by atoms with Crippen LogP contribution in [0.3, 0.4) is 0 Å². The Balaban J connectivity index is 2.05. The van der Waals surface area contributed by atoms with Crippen LogP contribution in [0.1, 0.15) is 31.9 Å². The largest absolute Gasteiger partial charge is 0.355 e. The number of carbonyl (C=O) groups is 2. The molecule has 1 N–H and O–H groups in total. The number of halogens is 1. The summed E-state index contributed by atoms with van der Waals surface area (Å²) in [6, 6.07) is 21.8. The predicted octanol–water partition coefficient (Wildman–Crippen LogP) is 4.76. The molecular weight excluding hydrogens is 554 g/mol. The van der Waals surface area contributed by atoms with Crippen molar-refractivity contribution in [1.82, 2.24) is 10.2 Å². The van der Waals surface area contributed by atoms with Crippen LogP contribution in [0.2, 0.25) is 0 Å². The standard InChI is InChI=1S/C28H32BrN3O4S/c1-4-23-11-9-10-14-26(23)32(37(35,36)25-12-7-6-8-13-25)20-27(33)31(21(3)28(34)30-5-2)19-22-15-17-24(29)18-16-22/h6-18,21H,4-5,19-20H2,1-3H3,(H,30,34)/t21-/m0/s1. The van der Waals surface area contributed by atoms with E-state index in [-0.39, 0.29) is 17.3 Å². The maximum absolute atomic E-state index is 13.9. The van der Waals surface area contributed by atoms with Gasteiger partial charge in [-0.2, -0.15) is 0 Å². The Morgan fingerprint density at radius 1 is 0.919 bits per heavy atom. The summed E-state index contributed by atoms with van der Waals surface area (Å²) in [4.78, 5) is 28.1. The second kappa shape index (κ2) is 12.9. The van der Waals surface area contributed by atoms with Crippen molar-refractivity contribution in [1.29, 1.82) is 0 Å². The van der Waals surface area contributed by atoms with Crippen molar-refractivity contribution in [3.05, 3.63) is 94.5 Å². The minimum absolute atomic E-state index is 0.0879. The molecule has 3 aromatic rings. The Bertz CT molecular complexity index is 1310. The van der Waals surface area contributed by atoms with Crippen molar-refractivity contribution in [2.75, 3.05) is 17.4 Å². The van der Waals surface area contributed by atoms with Gasteiger partial charge in [0.25, 0.3) is 10.0 Å². The highest BCUT2D eigenvalue weighted by atomic mass is 79.9. The lowest BCUT2D eigenvalue weighted by molar-refractivity contribution is -0.139. The summed E-state index contributed by atoms with van der Waals surface area (Å²) in [7, 11) is -4.07. The fourth-order valence-electron chi connectivity index (χ4n) is 3.98. The van der Waals surface area contributed by atoms with Gasteiger partial charge in [-0.25, -0.2) is 8.42 Å². The van der Waals surface area contributed by atoms with Gasteiger partial charge < -0.3 is 10.2 Å². The van der Waals surface area contributed by atoms with Gasteiger partial charge in [0.15, 0.2) is 0 Å². The Kier molecular flexibility index (Phi) is 9.88. The Morgan fingerprint density at radius 2 is 1.54 bits per heavy atom. The van der Waals surface area contributed by atoms with Gasteiger partial charge in [-0.05, 0) is 61.7 Å². The molecule has 0 aliphatic carbocycles. The molecule has 7 nitrogen and oxygen atoms in total. The summed E-state index contributed by atoms with van der Waals surface area (Å²) in [5.41, 5.74) is 2.06. The molecule has 2 amide bonds. The number of nitrogens with zero attached hydrogens (tertiary/aromatic N) is 2. The first-order valence-corrected chi connectivity index (χ1v) is 14.4. The van der Waals surface area contributed by atoms with E-state index in [4.69, 9.17) is 0 Å².